The van der Waals surface area contributed by atoms with Gasteiger partial charge in [0.25, 0.3) is 0 Å². The molecular weight excluding hydrogens is 321 g/mol. The molecule has 1 aromatic rings. The smallest absolute Gasteiger partial charge is 0.0244 e. The van der Waals surface area contributed by atoms with Crippen molar-refractivity contribution in [3.63, 3.8) is 0 Å². The number of benzene rings is 1. The van der Waals surface area contributed by atoms with E-state index in [0.717, 1.165) is 25.3 Å². The molecule has 0 aliphatic rings. The molecule has 0 aromatic heterocycles. The molecule has 0 aliphatic carbocycles. The van der Waals surface area contributed by atoms with E-state index in [1.807, 2.05) is 0 Å². The van der Waals surface area contributed by atoms with Gasteiger partial charge in [-0.3, -0.25) is 4.21 Å². The number of hydrogen-bond donors (Lipinski definition) is 1. The summed E-state index contributed by atoms with van der Waals surface area (Å²) in [6.07, 6.45) is 2.73. The van der Waals surface area contributed by atoms with Crippen LogP contribution in [0.5, 0.6) is 0 Å². The third kappa shape index (κ3) is 6.27. The van der Waals surface area contributed by atoms with Gasteiger partial charge in [-0.25, -0.2) is 0 Å². The van der Waals surface area contributed by atoms with Crippen LogP contribution in [0.4, 0.5) is 0 Å². The lowest BCUT2D eigenvalue weighted by atomic mass is 10.2. The van der Waals surface area contributed by atoms with Crippen LogP contribution in [0.3, 0.4) is 0 Å². The Balaban J connectivity index is 2.15. The normalized spacial score (nSPS) is 12.7. The van der Waals surface area contributed by atoms with Gasteiger partial charge in [0.05, 0.1) is 0 Å². The highest BCUT2D eigenvalue weighted by atomic mass is 127. The highest BCUT2D eigenvalue weighted by molar-refractivity contribution is 14.1. The monoisotopic (exact) mass is 337 g/mol. The summed E-state index contributed by atoms with van der Waals surface area (Å²) in [7, 11) is -0.658. The van der Waals surface area contributed by atoms with Crippen LogP contribution in [0, 0.1) is 3.57 Å². The molecule has 1 N–H and O–H groups in total. The zero-order valence-electron chi connectivity index (χ0n) is 8.83. The van der Waals surface area contributed by atoms with Crippen molar-refractivity contribution in [1.82, 2.24) is 5.32 Å². The fraction of sp³-hybridized carbons (Fsp3) is 0.455. The van der Waals surface area contributed by atoms with E-state index in [0.29, 0.717) is 0 Å². The summed E-state index contributed by atoms with van der Waals surface area (Å²) in [5.74, 6) is 0.791. The van der Waals surface area contributed by atoms with Gasteiger partial charge in [-0.05, 0) is 53.3 Å². The fourth-order valence-corrected chi connectivity index (χ4v) is 2.15. The van der Waals surface area contributed by atoms with Crippen LogP contribution in [-0.2, 0) is 17.3 Å². The molecule has 0 heterocycles. The molecular formula is C11H16INOS. The minimum absolute atomic E-state index is 0.658. The summed E-state index contributed by atoms with van der Waals surface area (Å²) in [6.45, 7) is 1.83. The minimum atomic E-state index is -0.658. The molecule has 0 amide bonds. The van der Waals surface area contributed by atoms with Gasteiger partial charge >= 0.3 is 0 Å². The van der Waals surface area contributed by atoms with E-state index in [4.69, 9.17) is 0 Å². The molecule has 0 saturated carbocycles. The van der Waals surface area contributed by atoms with Crippen molar-refractivity contribution >= 4 is 33.4 Å². The summed E-state index contributed by atoms with van der Waals surface area (Å²) >= 11 is 2.30. The standard InChI is InChI=1S/C11H16INOS/c1-15(14)8-2-7-13-9-10-3-5-11(12)6-4-10/h3-6,13H,2,7-9H2,1H3. The number of nitrogens with one attached hydrogen (secondary N) is 1. The Morgan fingerprint density at radius 3 is 2.60 bits per heavy atom. The topological polar surface area (TPSA) is 29.1 Å². The van der Waals surface area contributed by atoms with Gasteiger partial charge in [0.15, 0.2) is 0 Å². The third-order valence-electron chi connectivity index (χ3n) is 2.03. The summed E-state index contributed by atoms with van der Waals surface area (Å²) < 4.78 is 12.1. The summed E-state index contributed by atoms with van der Waals surface area (Å²) in [6, 6.07) is 8.48. The molecule has 2 nitrogen and oxygen atoms in total. The zero-order valence-corrected chi connectivity index (χ0v) is 11.8. The first-order valence-electron chi connectivity index (χ1n) is 4.93. The second kappa shape index (κ2) is 7.35. The molecule has 0 spiro atoms. The van der Waals surface area contributed by atoms with Crippen LogP contribution in [0.2, 0.25) is 0 Å². The molecule has 1 rings (SSSR count). The second-order valence-electron chi connectivity index (χ2n) is 3.43. The Bertz CT molecular complexity index is 313. The van der Waals surface area contributed by atoms with Crippen molar-refractivity contribution in [2.24, 2.45) is 0 Å². The van der Waals surface area contributed by atoms with Gasteiger partial charge in [0, 0.05) is 32.9 Å². The Morgan fingerprint density at radius 1 is 1.33 bits per heavy atom. The van der Waals surface area contributed by atoms with Crippen LogP contribution in [0.15, 0.2) is 24.3 Å². The molecule has 15 heavy (non-hydrogen) atoms. The highest BCUT2D eigenvalue weighted by Crippen LogP contribution is 2.06. The molecule has 4 heteroatoms. The summed E-state index contributed by atoms with van der Waals surface area (Å²) in [5.41, 5.74) is 1.30. The maximum Gasteiger partial charge on any atom is 0.0244 e. The number of halogens is 1. The molecule has 0 saturated heterocycles. The quantitative estimate of drug-likeness (QED) is 0.637. The first-order chi connectivity index (χ1) is 7.18. The number of rotatable bonds is 6. The van der Waals surface area contributed by atoms with Gasteiger partial charge in [0.2, 0.25) is 0 Å². The fourth-order valence-electron chi connectivity index (χ4n) is 1.24. The minimum Gasteiger partial charge on any atom is -0.313 e. The summed E-state index contributed by atoms with van der Waals surface area (Å²) in [4.78, 5) is 0. The van der Waals surface area contributed by atoms with Crippen molar-refractivity contribution < 1.29 is 4.21 Å². The van der Waals surface area contributed by atoms with Crippen LogP contribution >= 0.6 is 22.6 Å². The second-order valence-corrected chi connectivity index (χ2v) is 6.23. The molecule has 1 aromatic carbocycles. The predicted molar refractivity (Wildman–Crippen MR) is 74.4 cm³/mol. The third-order valence-corrected chi connectivity index (χ3v) is 3.61. The molecule has 0 fully saturated rings. The van der Waals surface area contributed by atoms with E-state index in [9.17, 15) is 4.21 Å². The Labute approximate surface area is 107 Å². The number of hydrogen-bond acceptors (Lipinski definition) is 2. The maximum absolute atomic E-state index is 10.8. The van der Waals surface area contributed by atoms with Crippen LogP contribution < -0.4 is 5.32 Å². The van der Waals surface area contributed by atoms with Gasteiger partial charge < -0.3 is 5.32 Å². The maximum atomic E-state index is 10.8. The largest absolute Gasteiger partial charge is 0.313 e. The molecule has 1 unspecified atom stereocenters. The van der Waals surface area contributed by atoms with E-state index in [2.05, 4.69) is 52.2 Å². The molecule has 84 valence electrons. The first-order valence-corrected chi connectivity index (χ1v) is 7.74. The lowest BCUT2D eigenvalue weighted by Gasteiger charge is -2.04. The Morgan fingerprint density at radius 2 is 2.00 bits per heavy atom. The Kier molecular flexibility index (Phi) is 6.43. The van der Waals surface area contributed by atoms with Gasteiger partial charge in [-0.15, -0.1) is 0 Å². The lowest BCUT2D eigenvalue weighted by Crippen LogP contribution is -2.16. The van der Waals surface area contributed by atoms with Crippen LogP contribution in [0.25, 0.3) is 0 Å². The van der Waals surface area contributed by atoms with Crippen molar-refractivity contribution in [2.45, 2.75) is 13.0 Å². The molecule has 0 bridgehead atoms. The van der Waals surface area contributed by atoms with Crippen LogP contribution in [-0.4, -0.2) is 22.8 Å². The average Bonchev–Trinajstić information content (AvgIpc) is 2.20. The van der Waals surface area contributed by atoms with Gasteiger partial charge in [-0.2, -0.15) is 0 Å². The SMILES string of the molecule is CS(=O)CCCNCc1ccc(I)cc1. The average molecular weight is 337 g/mol. The van der Waals surface area contributed by atoms with Gasteiger partial charge in [0.1, 0.15) is 0 Å². The highest BCUT2D eigenvalue weighted by Gasteiger charge is 1.94. The van der Waals surface area contributed by atoms with Gasteiger partial charge in [-0.1, -0.05) is 12.1 Å². The van der Waals surface area contributed by atoms with Crippen LogP contribution in [0.1, 0.15) is 12.0 Å². The first kappa shape index (κ1) is 13.1. The van der Waals surface area contributed by atoms with E-state index in [-0.39, 0.29) is 0 Å². The van der Waals surface area contributed by atoms with E-state index in [1.54, 1.807) is 6.26 Å². The molecule has 0 aliphatic heterocycles. The zero-order chi connectivity index (χ0) is 11.1. The molecule has 0 radical (unpaired) electrons. The summed E-state index contributed by atoms with van der Waals surface area (Å²) in [5, 5.41) is 3.34. The van der Waals surface area contributed by atoms with Crippen molar-refractivity contribution in [1.29, 1.82) is 0 Å². The van der Waals surface area contributed by atoms with E-state index >= 15 is 0 Å². The van der Waals surface area contributed by atoms with E-state index in [1.165, 1.54) is 9.13 Å². The van der Waals surface area contributed by atoms with Crippen molar-refractivity contribution in [3.8, 4) is 0 Å². The lowest BCUT2D eigenvalue weighted by molar-refractivity contribution is 0.662. The van der Waals surface area contributed by atoms with Crippen molar-refractivity contribution in [2.75, 3.05) is 18.6 Å². The van der Waals surface area contributed by atoms with Crippen molar-refractivity contribution in [3.05, 3.63) is 33.4 Å². The Hall–Kier alpha value is 0.0600. The van der Waals surface area contributed by atoms with E-state index < -0.39 is 10.8 Å². The predicted octanol–water partition coefficient (Wildman–Crippen LogP) is 2.15. The molecule has 1 atom stereocenters.